The molecular weight excluding hydrogens is 304 g/mol. The molecule has 1 unspecified atom stereocenters. The van der Waals surface area contributed by atoms with Crippen molar-refractivity contribution < 1.29 is 19.7 Å². The lowest BCUT2D eigenvalue weighted by Crippen LogP contribution is -2.20. The minimum atomic E-state index is -0.333. The molecule has 4 nitrogen and oxygen atoms in total. The van der Waals surface area contributed by atoms with Gasteiger partial charge in [-0.25, -0.2) is 0 Å². The van der Waals surface area contributed by atoms with Crippen LogP contribution in [0.2, 0.25) is 0 Å². The zero-order chi connectivity index (χ0) is 17.9. The number of hydrogen-bond donors (Lipinski definition) is 2. The molecule has 0 saturated carbocycles. The van der Waals surface area contributed by atoms with Gasteiger partial charge in [-0.1, -0.05) is 51.2 Å². The van der Waals surface area contributed by atoms with Gasteiger partial charge in [-0.05, 0) is 44.9 Å². The third-order valence-corrected chi connectivity index (χ3v) is 4.15. The molecule has 0 saturated heterocycles. The van der Waals surface area contributed by atoms with Gasteiger partial charge >= 0.3 is 5.97 Å². The van der Waals surface area contributed by atoms with E-state index in [0.29, 0.717) is 19.4 Å². The number of carbonyl (C=O) groups excluding carboxylic acids is 1. The molecule has 0 aromatic heterocycles. The molecule has 0 bridgehead atoms. The molecular formula is C20H38O4. The molecule has 0 fully saturated rings. The molecule has 0 heterocycles. The Morgan fingerprint density at radius 3 is 1.96 bits per heavy atom. The van der Waals surface area contributed by atoms with E-state index in [1.54, 1.807) is 0 Å². The number of unbranched alkanes of at least 4 members (excludes halogenated alkanes) is 9. The lowest BCUT2D eigenvalue weighted by atomic mass is 10.1. The highest BCUT2D eigenvalue weighted by molar-refractivity contribution is 5.69. The van der Waals surface area contributed by atoms with Crippen LogP contribution >= 0.6 is 0 Å². The number of carbonyl (C=O) groups is 1. The lowest BCUT2D eigenvalue weighted by molar-refractivity contribution is -0.151. The summed E-state index contributed by atoms with van der Waals surface area (Å²) in [5.74, 6) is -0.181. The van der Waals surface area contributed by atoms with Crippen molar-refractivity contribution in [3.8, 4) is 0 Å². The maximum atomic E-state index is 11.5. The van der Waals surface area contributed by atoms with Crippen molar-refractivity contribution >= 4 is 5.97 Å². The van der Waals surface area contributed by atoms with Crippen molar-refractivity contribution in [3.05, 3.63) is 12.2 Å². The van der Waals surface area contributed by atoms with Gasteiger partial charge in [0.15, 0.2) is 0 Å². The fraction of sp³-hybridized carbons (Fsp3) is 0.850. The average Bonchev–Trinajstić information content (AvgIpc) is 2.60. The predicted octanol–water partition coefficient (Wildman–Crippen LogP) is 4.53. The van der Waals surface area contributed by atoms with Crippen LogP contribution in [0.5, 0.6) is 0 Å². The summed E-state index contributed by atoms with van der Waals surface area (Å²) in [5, 5.41) is 17.7. The van der Waals surface area contributed by atoms with Gasteiger partial charge in [0.05, 0.1) is 6.61 Å². The van der Waals surface area contributed by atoms with Crippen molar-refractivity contribution in [3.63, 3.8) is 0 Å². The van der Waals surface area contributed by atoms with E-state index in [9.17, 15) is 4.79 Å². The molecule has 0 rings (SSSR count). The second kappa shape index (κ2) is 18.5. The summed E-state index contributed by atoms with van der Waals surface area (Å²) < 4.78 is 5.15. The first kappa shape index (κ1) is 23.1. The molecule has 0 aliphatic rings. The standard InChI is InChI=1S/C20H38O4/c1-2-19(18-22)24-20(23)16-14-12-10-8-6-4-3-5-7-9-11-13-15-17-21/h5,7,19,21-22H,2-4,6,8-18H2,1H3/b7-5+. The van der Waals surface area contributed by atoms with Gasteiger partial charge in [0.25, 0.3) is 0 Å². The van der Waals surface area contributed by atoms with E-state index >= 15 is 0 Å². The van der Waals surface area contributed by atoms with Gasteiger partial charge < -0.3 is 14.9 Å². The number of rotatable bonds is 17. The van der Waals surface area contributed by atoms with Gasteiger partial charge in [0.2, 0.25) is 0 Å². The number of hydrogen-bond acceptors (Lipinski definition) is 4. The summed E-state index contributed by atoms with van der Waals surface area (Å²) in [5.41, 5.74) is 0. The molecule has 0 spiro atoms. The number of allylic oxidation sites excluding steroid dienone is 2. The molecule has 24 heavy (non-hydrogen) atoms. The first-order valence-electron chi connectivity index (χ1n) is 9.80. The Morgan fingerprint density at radius 1 is 0.875 bits per heavy atom. The molecule has 0 aromatic rings. The predicted molar refractivity (Wildman–Crippen MR) is 98.9 cm³/mol. The highest BCUT2D eigenvalue weighted by Gasteiger charge is 2.10. The number of esters is 1. The van der Waals surface area contributed by atoms with Crippen LogP contribution in [0.15, 0.2) is 12.2 Å². The van der Waals surface area contributed by atoms with Crippen molar-refractivity contribution in [2.24, 2.45) is 0 Å². The van der Waals surface area contributed by atoms with Crippen molar-refractivity contribution in [1.82, 2.24) is 0 Å². The molecule has 0 aromatic carbocycles. The maximum absolute atomic E-state index is 11.5. The average molecular weight is 343 g/mol. The van der Waals surface area contributed by atoms with Gasteiger partial charge in [-0.15, -0.1) is 0 Å². The van der Waals surface area contributed by atoms with Crippen LogP contribution in [0.4, 0.5) is 0 Å². The third kappa shape index (κ3) is 16.0. The Bertz CT molecular complexity index is 298. The zero-order valence-corrected chi connectivity index (χ0v) is 15.5. The zero-order valence-electron chi connectivity index (χ0n) is 15.5. The molecule has 0 amide bonds. The van der Waals surface area contributed by atoms with Crippen LogP contribution in [0.3, 0.4) is 0 Å². The second-order valence-electron chi connectivity index (χ2n) is 6.41. The summed E-state index contributed by atoms with van der Waals surface area (Å²) in [4.78, 5) is 11.5. The van der Waals surface area contributed by atoms with E-state index < -0.39 is 0 Å². The smallest absolute Gasteiger partial charge is 0.306 e. The van der Waals surface area contributed by atoms with Crippen molar-refractivity contribution in [2.45, 2.75) is 96.5 Å². The summed E-state index contributed by atoms with van der Waals surface area (Å²) in [6.07, 6.45) is 17.7. The van der Waals surface area contributed by atoms with E-state index in [1.165, 1.54) is 32.1 Å². The van der Waals surface area contributed by atoms with E-state index in [1.807, 2.05) is 6.92 Å². The molecule has 2 N–H and O–H groups in total. The summed E-state index contributed by atoms with van der Waals surface area (Å²) in [7, 11) is 0. The molecule has 4 heteroatoms. The third-order valence-electron chi connectivity index (χ3n) is 4.15. The van der Waals surface area contributed by atoms with E-state index in [-0.39, 0.29) is 18.7 Å². The summed E-state index contributed by atoms with van der Waals surface area (Å²) in [6, 6.07) is 0. The minimum absolute atomic E-state index is 0.0840. The first-order valence-corrected chi connectivity index (χ1v) is 9.80. The fourth-order valence-corrected chi connectivity index (χ4v) is 2.52. The number of aliphatic hydroxyl groups is 2. The Morgan fingerprint density at radius 2 is 1.42 bits per heavy atom. The Labute approximate surface area is 148 Å². The molecule has 1 atom stereocenters. The number of aliphatic hydroxyl groups excluding tert-OH is 2. The Balaban J connectivity index is 3.28. The van der Waals surface area contributed by atoms with Crippen LogP contribution in [0, 0.1) is 0 Å². The van der Waals surface area contributed by atoms with E-state index in [2.05, 4.69) is 12.2 Å². The second-order valence-corrected chi connectivity index (χ2v) is 6.41. The lowest BCUT2D eigenvalue weighted by Gasteiger charge is -2.12. The van der Waals surface area contributed by atoms with Crippen LogP contribution in [-0.2, 0) is 9.53 Å². The van der Waals surface area contributed by atoms with Crippen molar-refractivity contribution in [2.75, 3.05) is 13.2 Å². The van der Waals surface area contributed by atoms with E-state index in [0.717, 1.165) is 38.5 Å². The van der Waals surface area contributed by atoms with Crippen LogP contribution in [0.1, 0.15) is 90.4 Å². The monoisotopic (exact) mass is 342 g/mol. The highest BCUT2D eigenvalue weighted by atomic mass is 16.5. The molecule has 0 aliphatic carbocycles. The van der Waals surface area contributed by atoms with Crippen LogP contribution < -0.4 is 0 Å². The van der Waals surface area contributed by atoms with Crippen molar-refractivity contribution in [1.29, 1.82) is 0 Å². The Kier molecular flexibility index (Phi) is 17.8. The van der Waals surface area contributed by atoms with Gasteiger partial charge in [-0.3, -0.25) is 4.79 Å². The van der Waals surface area contributed by atoms with Crippen LogP contribution in [-0.4, -0.2) is 35.5 Å². The Hall–Kier alpha value is -0.870. The molecule has 0 aliphatic heterocycles. The normalized spacial score (nSPS) is 12.6. The molecule has 142 valence electrons. The minimum Gasteiger partial charge on any atom is -0.460 e. The topological polar surface area (TPSA) is 66.8 Å². The highest BCUT2D eigenvalue weighted by Crippen LogP contribution is 2.10. The maximum Gasteiger partial charge on any atom is 0.306 e. The SMILES string of the molecule is CCC(CO)OC(=O)CCCCCCCC/C=C/CCCCCO. The quantitative estimate of drug-likeness (QED) is 0.231. The summed E-state index contributed by atoms with van der Waals surface area (Å²) in [6.45, 7) is 2.13. The summed E-state index contributed by atoms with van der Waals surface area (Å²) >= 11 is 0. The number of ether oxygens (including phenoxy) is 1. The van der Waals surface area contributed by atoms with Gasteiger partial charge in [0, 0.05) is 13.0 Å². The van der Waals surface area contributed by atoms with Gasteiger partial charge in [0.1, 0.15) is 6.10 Å². The first-order chi connectivity index (χ1) is 11.7. The van der Waals surface area contributed by atoms with E-state index in [4.69, 9.17) is 14.9 Å². The fourth-order valence-electron chi connectivity index (χ4n) is 2.52. The largest absolute Gasteiger partial charge is 0.460 e. The van der Waals surface area contributed by atoms with Gasteiger partial charge in [-0.2, -0.15) is 0 Å². The molecule has 0 radical (unpaired) electrons. The van der Waals surface area contributed by atoms with Crippen LogP contribution in [0.25, 0.3) is 0 Å².